The van der Waals surface area contributed by atoms with Gasteiger partial charge in [0.25, 0.3) is 0 Å². The van der Waals surface area contributed by atoms with E-state index in [9.17, 15) is 18.5 Å². The Hall–Kier alpha value is -3.02. The number of Topliss-reactive ketones (excluding diaryl/α,β-unsaturated/α-hetero) is 1. The van der Waals surface area contributed by atoms with Crippen LogP contribution in [0.3, 0.4) is 0 Å². The van der Waals surface area contributed by atoms with Crippen LogP contribution in [0.4, 0.5) is 0 Å². The van der Waals surface area contributed by atoms with Gasteiger partial charge in [-0.05, 0) is 24.3 Å². The Morgan fingerprint density at radius 1 is 1.15 bits per heavy atom. The number of carbonyl (C=O) groups is 1. The molecule has 132 valence electrons. The van der Waals surface area contributed by atoms with E-state index in [2.05, 4.69) is 9.97 Å². The summed E-state index contributed by atoms with van der Waals surface area (Å²) in [6.07, 6.45) is 0. The van der Waals surface area contributed by atoms with Crippen LogP contribution >= 0.6 is 0 Å². The van der Waals surface area contributed by atoms with Crippen molar-refractivity contribution in [2.24, 2.45) is 0 Å². The lowest BCUT2D eigenvalue weighted by atomic mass is 9.98. The van der Waals surface area contributed by atoms with Crippen molar-refractivity contribution in [2.45, 2.75) is 10.8 Å². The van der Waals surface area contributed by atoms with Crippen molar-refractivity contribution in [2.75, 3.05) is 14.1 Å². The number of rotatable bonds is 5. The van der Waals surface area contributed by atoms with Gasteiger partial charge in [-0.15, -0.1) is 0 Å². The molecule has 0 bridgehead atoms. The van der Waals surface area contributed by atoms with Crippen molar-refractivity contribution in [3.8, 4) is 6.07 Å². The highest BCUT2D eigenvalue weighted by Gasteiger charge is 2.26. The number of nitrogens with zero attached hydrogens (tertiary/aromatic N) is 3. The summed E-state index contributed by atoms with van der Waals surface area (Å²) in [4.78, 5) is 20.1. The smallest absolute Gasteiger partial charge is 0.242 e. The van der Waals surface area contributed by atoms with Gasteiger partial charge in [0.1, 0.15) is 5.82 Å². The molecule has 0 amide bonds. The molecule has 1 aromatic heterocycles. The minimum atomic E-state index is -3.58. The summed E-state index contributed by atoms with van der Waals surface area (Å²) < 4.78 is 25.3. The maximum absolute atomic E-state index is 12.7. The molecule has 7 nitrogen and oxygen atoms in total. The van der Waals surface area contributed by atoms with Gasteiger partial charge in [-0.1, -0.05) is 24.3 Å². The zero-order valence-electron chi connectivity index (χ0n) is 14.2. The first-order valence-corrected chi connectivity index (χ1v) is 9.19. The normalized spacial score (nSPS) is 12.8. The molecular weight excluding hydrogens is 352 g/mol. The highest BCUT2D eigenvalue weighted by Crippen LogP contribution is 2.22. The Morgan fingerprint density at radius 3 is 2.38 bits per heavy atom. The number of para-hydroxylation sites is 2. The summed E-state index contributed by atoms with van der Waals surface area (Å²) in [5, 5.41) is 9.46. The summed E-state index contributed by atoms with van der Waals surface area (Å²) in [6, 6.07) is 14.7. The van der Waals surface area contributed by atoms with Crippen molar-refractivity contribution in [1.82, 2.24) is 14.3 Å². The number of hydrogen-bond acceptors (Lipinski definition) is 5. The van der Waals surface area contributed by atoms with E-state index in [-0.39, 0.29) is 16.3 Å². The Kier molecular flexibility index (Phi) is 4.59. The molecule has 0 aliphatic rings. The van der Waals surface area contributed by atoms with E-state index in [4.69, 9.17) is 0 Å². The topological polar surface area (TPSA) is 107 Å². The summed E-state index contributed by atoms with van der Waals surface area (Å²) in [6.45, 7) is 0. The summed E-state index contributed by atoms with van der Waals surface area (Å²) >= 11 is 0. The Morgan fingerprint density at radius 2 is 1.81 bits per heavy atom. The second-order valence-electron chi connectivity index (χ2n) is 5.88. The van der Waals surface area contributed by atoms with Crippen LogP contribution in [0.25, 0.3) is 11.0 Å². The molecule has 1 heterocycles. The molecule has 8 heteroatoms. The van der Waals surface area contributed by atoms with Crippen LogP contribution in [0.1, 0.15) is 22.1 Å². The molecule has 0 aliphatic carbocycles. The number of hydrogen-bond donors (Lipinski definition) is 1. The number of nitrogens with one attached hydrogen (secondary N) is 1. The van der Waals surface area contributed by atoms with E-state index in [1.165, 1.54) is 38.4 Å². The van der Waals surface area contributed by atoms with E-state index >= 15 is 0 Å². The third-order valence-corrected chi connectivity index (χ3v) is 5.82. The largest absolute Gasteiger partial charge is 0.340 e. The molecule has 0 saturated heterocycles. The number of carbonyl (C=O) groups excluding carboxylic acids is 1. The second-order valence-corrected chi connectivity index (χ2v) is 8.03. The Balaban J connectivity index is 1.93. The molecule has 0 fully saturated rings. The maximum atomic E-state index is 12.7. The van der Waals surface area contributed by atoms with E-state index in [1.807, 2.05) is 24.3 Å². The number of imidazole rings is 1. The fourth-order valence-corrected chi connectivity index (χ4v) is 3.42. The van der Waals surface area contributed by atoms with Crippen LogP contribution in [-0.4, -0.2) is 42.6 Å². The molecule has 0 aliphatic heterocycles. The third kappa shape index (κ3) is 3.10. The Labute approximate surface area is 150 Å². The van der Waals surface area contributed by atoms with Crippen LogP contribution in [0, 0.1) is 11.3 Å². The van der Waals surface area contributed by atoms with Gasteiger partial charge in [0.2, 0.25) is 10.0 Å². The molecule has 1 unspecified atom stereocenters. The fraction of sp³-hybridized carbons (Fsp3) is 0.167. The number of ketones is 1. The van der Waals surface area contributed by atoms with Crippen molar-refractivity contribution in [3.05, 3.63) is 59.9 Å². The number of fused-ring (bicyclic) bond motifs is 1. The number of aromatic nitrogens is 2. The van der Waals surface area contributed by atoms with E-state index < -0.39 is 21.7 Å². The summed E-state index contributed by atoms with van der Waals surface area (Å²) in [7, 11) is -0.712. The van der Waals surface area contributed by atoms with Gasteiger partial charge in [0.15, 0.2) is 11.7 Å². The second kappa shape index (κ2) is 6.71. The van der Waals surface area contributed by atoms with Crippen molar-refractivity contribution in [3.63, 3.8) is 0 Å². The first-order valence-electron chi connectivity index (χ1n) is 7.75. The molecule has 1 atom stereocenters. The molecule has 0 saturated carbocycles. The first-order chi connectivity index (χ1) is 12.3. The Bertz CT molecular complexity index is 1080. The third-order valence-electron chi connectivity index (χ3n) is 3.99. The van der Waals surface area contributed by atoms with Gasteiger partial charge in [-0.2, -0.15) is 5.26 Å². The monoisotopic (exact) mass is 368 g/mol. The van der Waals surface area contributed by atoms with Crippen LogP contribution in [0.15, 0.2) is 53.4 Å². The summed E-state index contributed by atoms with van der Waals surface area (Å²) in [5.41, 5.74) is 1.65. The number of benzene rings is 2. The first kappa shape index (κ1) is 17.8. The molecule has 3 aromatic rings. The minimum Gasteiger partial charge on any atom is -0.340 e. The van der Waals surface area contributed by atoms with E-state index in [0.717, 1.165) is 9.82 Å². The number of aromatic amines is 1. The quantitative estimate of drug-likeness (QED) is 0.695. The van der Waals surface area contributed by atoms with Crippen LogP contribution in [0.2, 0.25) is 0 Å². The SMILES string of the molecule is CN(C)S(=O)(=O)c1ccc(C(=O)C(C#N)c2nc3ccccc3[nH]2)cc1. The number of H-pyrrole nitrogens is 1. The van der Waals surface area contributed by atoms with Crippen LogP contribution < -0.4 is 0 Å². The highest BCUT2D eigenvalue weighted by atomic mass is 32.2. The van der Waals surface area contributed by atoms with E-state index in [0.29, 0.717) is 5.52 Å². The highest BCUT2D eigenvalue weighted by molar-refractivity contribution is 7.89. The average Bonchev–Trinajstić information content (AvgIpc) is 3.05. The number of nitriles is 1. The lowest BCUT2D eigenvalue weighted by Gasteiger charge is -2.12. The van der Waals surface area contributed by atoms with Crippen LogP contribution in [-0.2, 0) is 10.0 Å². The van der Waals surface area contributed by atoms with Crippen molar-refractivity contribution in [1.29, 1.82) is 5.26 Å². The zero-order valence-corrected chi connectivity index (χ0v) is 15.0. The van der Waals surface area contributed by atoms with Gasteiger partial charge in [0, 0.05) is 19.7 Å². The van der Waals surface area contributed by atoms with Crippen molar-refractivity contribution < 1.29 is 13.2 Å². The standard InChI is InChI=1S/C18H16N4O3S/c1-22(2)26(24,25)13-9-7-12(8-10-13)17(23)14(11-19)18-20-15-5-3-4-6-16(15)21-18/h3-10,14H,1-2H3,(H,20,21). The molecule has 0 spiro atoms. The molecule has 1 N–H and O–H groups in total. The number of sulfonamides is 1. The predicted molar refractivity (Wildman–Crippen MR) is 96.1 cm³/mol. The average molecular weight is 368 g/mol. The zero-order chi connectivity index (χ0) is 18.9. The van der Waals surface area contributed by atoms with Gasteiger partial charge >= 0.3 is 0 Å². The van der Waals surface area contributed by atoms with Crippen molar-refractivity contribution >= 4 is 26.8 Å². The lowest BCUT2D eigenvalue weighted by molar-refractivity contribution is 0.0976. The van der Waals surface area contributed by atoms with Gasteiger partial charge < -0.3 is 4.98 Å². The molecular formula is C18H16N4O3S. The molecule has 2 aromatic carbocycles. The molecule has 26 heavy (non-hydrogen) atoms. The summed E-state index contributed by atoms with van der Waals surface area (Å²) in [5.74, 6) is -1.28. The minimum absolute atomic E-state index is 0.0799. The van der Waals surface area contributed by atoms with Gasteiger partial charge in [0.05, 0.1) is 22.0 Å². The fourth-order valence-electron chi connectivity index (χ4n) is 2.52. The van der Waals surface area contributed by atoms with Gasteiger partial charge in [-0.3, -0.25) is 4.79 Å². The molecule has 0 radical (unpaired) electrons. The molecule has 3 rings (SSSR count). The lowest BCUT2D eigenvalue weighted by Crippen LogP contribution is -2.22. The van der Waals surface area contributed by atoms with Gasteiger partial charge in [-0.25, -0.2) is 17.7 Å². The van der Waals surface area contributed by atoms with E-state index in [1.54, 1.807) is 6.07 Å². The maximum Gasteiger partial charge on any atom is 0.242 e. The predicted octanol–water partition coefficient (Wildman–Crippen LogP) is 2.30. The van der Waals surface area contributed by atoms with Crippen LogP contribution in [0.5, 0.6) is 0 Å².